The maximum absolute atomic E-state index is 13.3. The van der Waals surface area contributed by atoms with Crippen molar-refractivity contribution in [3.8, 4) is 10.4 Å². The smallest absolute Gasteiger partial charge is 0.323 e. The van der Waals surface area contributed by atoms with Crippen LogP contribution in [0.15, 0.2) is 23.1 Å². The second-order valence-electron chi connectivity index (χ2n) is 11.7. The summed E-state index contributed by atoms with van der Waals surface area (Å²) in [5.41, 5.74) is 6.34. The van der Waals surface area contributed by atoms with Crippen LogP contribution in [0.2, 0.25) is 5.02 Å². The monoisotopic (exact) mass is 583 g/mol. The Bertz CT molecular complexity index is 1300. The molecule has 3 rings (SSSR count). The third kappa shape index (κ3) is 7.77. The molecule has 0 saturated heterocycles. The van der Waals surface area contributed by atoms with Gasteiger partial charge in [0.1, 0.15) is 12.1 Å². The number of rotatable bonds is 10. The number of aryl methyl sites for hydroxylation is 1. The first-order valence-corrected chi connectivity index (χ1v) is 15.8. The van der Waals surface area contributed by atoms with E-state index >= 15 is 0 Å². The summed E-state index contributed by atoms with van der Waals surface area (Å²) < 4.78 is 29.8. The van der Waals surface area contributed by atoms with Crippen LogP contribution in [-0.4, -0.2) is 43.7 Å². The molecule has 38 heavy (non-hydrogen) atoms. The first-order chi connectivity index (χ1) is 17.5. The summed E-state index contributed by atoms with van der Waals surface area (Å²) in [7, 11) is -3.50. The fourth-order valence-corrected chi connectivity index (χ4v) is 7.46. The van der Waals surface area contributed by atoms with E-state index in [0.29, 0.717) is 29.2 Å². The molecule has 0 aliphatic heterocycles. The van der Waals surface area contributed by atoms with Gasteiger partial charge in [-0.15, -0.1) is 0 Å². The highest BCUT2D eigenvalue weighted by Gasteiger charge is 2.37. The Morgan fingerprint density at radius 2 is 1.87 bits per heavy atom. The van der Waals surface area contributed by atoms with Crippen LogP contribution in [0.5, 0.6) is 0 Å². The topological polar surface area (TPSA) is 128 Å². The molecule has 1 amide bonds. The molecule has 1 atom stereocenters. The maximum atomic E-state index is 13.3. The molecule has 1 saturated carbocycles. The van der Waals surface area contributed by atoms with E-state index in [1.54, 1.807) is 19.1 Å². The van der Waals surface area contributed by atoms with Crippen LogP contribution in [0.4, 0.5) is 5.13 Å². The van der Waals surface area contributed by atoms with E-state index in [4.69, 9.17) is 22.1 Å². The molecule has 1 heterocycles. The van der Waals surface area contributed by atoms with Crippen molar-refractivity contribution in [1.29, 1.82) is 0 Å². The molecule has 1 aromatic carbocycles. The molecule has 1 unspecified atom stereocenters. The molecular weight excluding hydrogens is 546 g/mol. The molecule has 8 nitrogen and oxygen atoms in total. The number of carbonyl (C=O) groups excluding carboxylic acids is 2. The van der Waals surface area contributed by atoms with Crippen molar-refractivity contribution in [3.63, 3.8) is 0 Å². The molecule has 1 fully saturated rings. The third-order valence-electron chi connectivity index (χ3n) is 6.81. The number of nitrogens with one attached hydrogen (secondary N) is 1. The first-order valence-electron chi connectivity index (χ1n) is 12.7. The van der Waals surface area contributed by atoms with Crippen molar-refractivity contribution in [2.45, 2.75) is 90.2 Å². The van der Waals surface area contributed by atoms with Gasteiger partial charge in [0, 0.05) is 11.7 Å². The van der Waals surface area contributed by atoms with E-state index in [2.05, 4.69) is 10.3 Å². The summed E-state index contributed by atoms with van der Waals surface area (Å²) in [4.78, 5) is 31.1. The molecule has 0 radical (unpaired) electrons. The molecule has 0 bridgehead atoms. The molecule has 210 valence electrons. The predicted octanol–water partition coefficient (Wildman–Crippen LogP) is 5.76. The Morgan fingerprint density at radius 3 is 2.47 bits per heavy atom. The normalized spacial score (nSPS) is 15.9. The van der Waals surface area contributed by atoms with Crippen molar-refractivity contribution >= 4 is 49.8 Å². The van der Waals surface area contributed by atoms with Gasteiger partial charge in [0.15, 0.2) is 15.0 Å². The van der Waals surface area contributed by atoms with Gasteiger partial charge in [-0.2, -0.15) is 0 Å². The van der Waals surface area contributed by atoms with Gasteiger partial charge in [0.25, 0.3) is 0 Å². The SMILES string of the molecule is Cc1nc(NC(=O)C(C)(C)CC(C)(C)CC(N)C(=O)OC2CCCC2)sc1-c1ccc(Cl)c(S(C)(=O)=O)c1. The van der Waals surface area contributed by atoms with Crippen molar-refractivity contribution in [3.05, 3.63) is 28.9 Å². The number of carbonyl (C=O) groups is 2. The number of benzene rings is 1. The summed E-state index contributed by atoms with van der Waals surface area (Å²) >= 11 is 7.36. The fraction of sp³-hybridized carbons (Fsp3) is 0.593. The largest absolute Gasteiger partial charge is 0.461 e. The van der Waals surface area contributed by atoms with Gasteiger partial charge >= 0.3 is 5.97 Å². The average molecular weight is 584 g/mol. The van der Waals surface area contributed by atoms with E-state index in [1.807, 2.05) is 27.7 Å². The molecule has 11 heteroatoms. The van der Waals surface area contributed by atoms with E-state index < -0.39 is 26.7 Å². The number of sulfone groups is 1. The summed E-state index contributed by atoms with van der Waals surface area (Å²) in [5, 5.41) is 3.49. The van der Waals surface area contributed by atoms with Crippen molar-refractivity contribution in [2.75, 3.05) is 11.6 Å². The zero-order chi connectivity index (χ0) is 28.5. The lowest BCUT2D eigenvalue weighted by Crippen LogP contribution is -2.41. The summed E-state index contributed by atoms with van der Waals surface area (Å²) in [6, 6.07) is 4.06. The van der Waals surface area contributed by atoms with Gasteiger partial charge in [-0.25, -0.2) is 13.4 Å². The van der Waals surface area contributed by atoms with Crippen LogP contribution >= 0.6 is 22.9 Å². The van der Waals surface area contributed by atoms with Crippen LogP contribution in [0.25, 0.3) is 10.4 Å². The number of nitrogens with two attached hydrogens (primary N) is 1. The Labute approximate surface area is 234 Å². The van der Waals surface area contributed by atoms with Crippen molar-refractivity contribution in [2.24, 2.45) is 16.6 Å². The average Bonchev–Trinajstić information content (AvgIpc) is 3.41. The molecule has 1 aromatic heterocycles. The number of hydrogen-bond acceptors (Lipinski definition) is 8. The number of thiazole rings is 1. The molecule has 3 N–H and O–H groups in total. The van der Waals surface area contributed by atoms with Crippen LogP contribution in [-0.2, 0) is 24.2 Å². The van der Waals surface area contributed by atoms with Crippen molar-refractivity contribution in [1.82, 2.24) is 4.98 Å². The third-order valence-corrected chi connectivity index (χ3v) is 9.51. The van der Waals surface area contributed by atoms with Gasteiger partial charge in [-0.1, -0.05) is 56.7 Å². The number of hydrogen-bond donors (Lipinski definition) is 2. The van der Waals surface area contributed by atoms with Gasteiger partial charge in [0.2, 0.25) is 5.91 Å². The minimum atomic E-state index is -3.50. The summed E-state index contributed by atoms with van der Waals surface area (Å²) in [5.74, 6) is -0.583. The number of halogens is 1. The lowest BCUT2D eigenvalue weighted by atomic mass is 9.71. The zero-order valence-corrected chi connectivity index (χ0v) is 25.3. The van der Waals surface area contributed by atoms with Crippen LogP contribution in [0.1, 0.15) is 71.9 Å². The lowest BCUT2D eigenvalue weighted by Gasteiger charge is -2.35. The highest BCUT2D eigenvalue weighted by molar-refractivity contribution is 7.90. The Balaban J connectivity index is 1.67. The second-order valence-corrected chi connectivity index (χ2v) is 15.1. The standard InChI is InChI=1S/C27H38ClN3O5S2/c1-16-22(17-11-12-19(28)21(13-17)38(6,34)35)37-25(30-16)31-24(33)27(4,5)15-26(2,3)14-20(29)23(32)36-18-9-7-8-10-18/h11-13,18,20H,7-10,14-15,29H2,1-6H3,(H,30,31,33). The minimum Gasteiger partial charge on any atom is -0.461 e. The van der Waals surface area contributed by atoms with Crippen molar-refractivity contribution < 1.29 is 22.7 Å². The van der Waals surface area contributed by atoms with Gasteiger partial charge < -0.3 is 15.8 Å². The Kier molecular flexibility index (Phi) is 9.33. The molecule has 1 aliphatic rings. The number of anilines is 1. The van der Waals surface area contributed by atoms with Gasteiger partial charge in [-0.05, 0) is 68.6 Å². The first kappa shape index (κ1) is 30.5. The van der Waals surface area contributed by atoms with E-state index in [1.165, 1.54) is 17.4 Å². The van der Waals surface area contributed by atoms with Gasteiger partial charge in [0.05, 0.1) is 20.5 Å². The van der Waals surface area contributed by atoms with E-state index in [-0.39, 0.29) is 27.9 Å². The summed E-state index contributed by atoms with van der Waals surface area (Å²) in [6.07, 6.45) is 5.90. The quantitative estimate of drug-likeness (QED) is 0.340. The number of nitrogens with zero attached hydrogens (tertiary/aromatic N) is 1. The zero-order valence-electron chi connectivity index (χ0n) is 22.9. The fourth-order valence-electron chi connectivity index (χ4n) is 5.20. The van der Waals surface area contributed by atoms with E-state index in [0.717, 1.165) is 36.8 Å². The lowest BCUT2D eigenvalue weighted by molar-refractivity contribution is -0.151. The van der Waals surface area contributed by atoms with Gasteiger partial charge in [-0.3, -0.25) is 9.59 Å². The summed E-state index contributed by atoms with van der Waals surface area (Å²) in [6.45, 7) is 9.50. The Hall–Kier alpha value is -2.01. The number of aromatic nitrogens is 1. The predicted molar refractivity (Wildman–Crippen MR) is 152 cm³/mol. The molecule has 1 aliphatic carbocycles. The number of esters is 1. The second kappa shape index (κ2) is 11.6. The van der Waals surface area contributed by atoms with E-state index in [9.17, 15) is 18.0 Å². The van der Waals surface area contributed by atoms with Crippen LogP contribution < -0.4 is 11.1 Å². The number of amides is 1. The Morgan fingerprint density at radius 1 is 1.24 bits per heavy atom. The molecule has 2 aromatic rings. The van der Waals surface area contributed by atoms with Crippen LogP contribution in [0.3, 0.4) is 0 Å². The van der Waals surface area contributed by atoms with Crippen LogP contribution in [0, 0.1) is 17.8 Å². The molecular formula is C27H38ClN3O5S2. The highest BCUT2D eigenvalue weighted by atomic mass is 35.5. The highest BCUT2D eigenvalue weighted by Crippen LogP contribution is 2.40. The maximum Gasteiger partial charge on any atom is 0.323 e. The molecule has 0 spiro atoms. The minimum absolute atomic E-state index is 0.0311. The number of ether oxygens (including phenoxy) is 1.